The van der Waals surface area contributed by atoms with Crippen LogP contribution >= 0.6 is 0 Å². The van der Waals surface area contributed by atoms with Gasteiger partial charge >= 0.3 is 0 Å². The van der Waals surface area contributed by atoms with E-state index in [-0.39, 0.29) is 22.8 Å². The van der Waals surface area contributed by atoms with Gasteiger partial charge in [0.2, 0.25) is 0 Å². The van der Waals surface area contributed by atoms with Crippen LogP contribution in [-0.2, 0) is 0 Å². The molecular formula is C16H11F4NO3. The Hall–Kier alpha value is -2.95. The van der Waals surface area contributed by atoms with E-state index >= 15 is 0 Å². The van der Waals surface area contributed by atoms with Crippen LogP contribution in [0.25, 0.3) is 11.1 Å². The van der Waals surface area contributed by atoms with Gasteiger partial charge in [-0.05, 0) is 0 Å². The summed E-state index contributed by atoms with van der Waals surface area (Å²) in [6, 6.07) is 3.62. The van der Waals surface area contributed by atoms with E-state index in [0.717, 1.165) is 6.07 Å². The predicted molar refractivity (Wildman–Crippen MR) is 76.1 cm³/mol. The van der Waals surface area contributed by atoms with Gasteiger partial charge in [0.05, 0.1) is 32.5 Å². The Morgan fingerprint density at radius 1 is 0.750 bits per heavy atom. The van der Waals surface area contributed by atoms with Crippen LogP contribution in [-0.4, -0.2) is 21.3 Å². The third kappa shape index (κ3) is 2.58. The van der Waals surface area contributed by atoms with Gasteiger partial charge in [0.1, 0.15) is 28.9 Å². The van der Waals surface area contributed by atoms with Crippen LogP contribution in [0, 0.1) is 34.6 Å². The molecule has 2 rings (SSSR count). The van der Waals surface area contributed by atoms with Gasteiger partial charge in [-0.25, -0.2) is 17.6 Å². The van der Waals surface area contributed by atoms with Crippen molar-refractivity contribution in [1.82, 2.24) is 0 Å². The van der Waals surface area contributed by atoms with Crippen molar-refractivity contribution in [3.63, 3.8) is 0 Å². The van der Waals surface area contributed by atoms with Gasteiger partial charge in [-0.2, -0.15) is 5.26 Å². The smallest absolute Gasteiger partial charge is 0.180 e. The molecule has 0 aliphatic carbocycles. The first-order chi connectivity index (χ1) is 11.4. The summed E-state index contributed by atoms with van der Waals surface area (Å²) in [4.78, 5) is 0. The number of hydrogen-bond donors (Lipinski definition) is 0. The number of nitrogens with zero attached hydrogens (tertiary/aromatic N) is 1. The lowest BCUT2D eigenvalue weighted by Crippen LogP contribution is -2.06. The standard InChI is InChI=1S/C16H11F4NO3/c1-22-7-4-9(23-2)11(10(5-7)24-3)12-15(19)13(17)8(6-21)14(18)16(12)20/h4-5H,1-3H3. The first-order valence-electron chi connectivity index (χ1n) is 6.47. The van der Waals surface area contributed by atoms with E-state index < -0.39 is 34.4 Å². The zero-order chi connectivity index (χ0) is 18.0. The van der Waals surface area contributed by atoms with Gasteiger partial charge in [0.25, 0.3) is 0 Å². The summed E-state index contributed by atoms with van der Waals surface area (Å²) < 4.78 is 71.5. The second-order valence-corrected chi connectivity index (χ2v) is 4.52. The van der Waals surface area contributed by atoms with E-state index in [1.54, 1.807) is 0 Å². The first kappa shape index (κ1) is 17.4. The average Bonchev–Trinajstić information content (AvgIpc) is 2.60. The fraction of sp³-hybridized carbons (Fsp3) is 0.188. The topological polar surface area (TPSA) is 51.5 Å². The number of hydrogen-bond acceptors (Lipinski definition) is 4. The highest BCUT2D eigenvalue weighted by molar-refractivity contribution is 5.79. The van der Waals surface area contributed by atoms with Crippen molar-refractivity contribution in [3.05, 3.63) is 41.0 Å². The fourth-order valence-corrected chi connectivity index (χ4v) is 2.20. The Balaban J connectivity index is 2.95. The lowest BCUT2D eigenvalue weighted by atomic mass is 9.99. The highest BCUT2D eigenvalue weighted by Gasteiger charge is 2.30. The molecule has 0 N–H and O–H groups in total. The summed E-state index contributed by atoms with van der Waals surface area (Å²) in [6.07, 6.45) is 0. The Bertz CT molecular complexity index is 792. The summed E-state index contributed by atoms with van der Waals surface area (Å²) in [6.45, 7) is 0. The Labute approximate surface area is 134 Å². The molecule has 0 radical (unpaired) electrons. The van der Waals surface area contributed by atoms with Crippen LogP contribution in [0.4, 0.5) is 17.6 Å². The van der Waals surface area contributed by atoms with Crippen LogP contribution < -0.4 is 14.2 Å². The number of halogens is 4. The molecule has 0 aliphatic rings. The van der Waals surface area contributed by atoms with Gasteiger partial charge in [-0.1, -0.05) is 0 Å². The molecule has 0 saturated heterocycles. The zero-order valence-corrected chi connectivity index (χ0v) is 12.8. The minimum Gasteiger partial charge on any atom is -0.496 e. The molecule has 2 aromatic rings. The Morgan fingerprint density at radius 3 is 1.54 bits per heavy atom. The summed E-state index contributed by atoms with van der Waals surface area (Å²) in [5.74, 6) is -7.08. The number of benzene rings is 2. The molecule has 0 fully saturated rings. The summed E-state index contributed by atoms with van der Waals surface area (Å²) >= 11 is 0. The van der Waals surface area contributed by atoms with Gasteiger partial charge in [0, 0.05) is 12.1 Å². The molecule has 0 bridgehead atoms. The maximum Gasteiger partial charge on any atom is 0.180 e. The van der Waals surface area contributed by atoms with Crippen molar-refractivity contribution in [3.8, 4) is 34.4 Å². The monoisotopic (exact) mass is 341 g/mol. The second-order valence-electron chi connectivity index (χ2n) is 4.52. The van der Waals surface area contributed by atoms with Crippen LogP contribution in [0.1, 0.15) is 5.56 Å². The van der Waals surface area contributed by atoms with Gasteiger partial charge < -0.3 is 14.2 Å². The van der Waals surface area contributed by atoms with Crippen molar-refractivity contribution in [2.24, 2.45) is 0 Å². The molecule has 0 aromatic heterocycles. The molecule has 126 valence electrons. The molecule has 4 nitrogen and oxygen atoms in total. The normalized spacial score (nSPS) is 10.2. The molecule has 24 heavy (non-hydrogen) atoms. The molecule has 0 amide bonds. The van der Waals surface area contributed by atoms with E-state index in [9.17, 15) is 17.6 Å². The number of rotatable bonds is 4. The summed E-state index contributed by atoms with van der Waals surface area (Å²) in [5.41, 5.74) is -2.74. The lowest BCUT2D eigenvalue weighted by molar-refractivity contribution is 0.376. The molecule has 0 spiro atoms. The van der Waals surface area contributed by atoms with Crippen molar-refractivity contribution in [2.75, 3.05) is 21.3 Å². The second kappa shape index (κ2) is 6.66. The Morgan fingerprint density at radius 2 is 1.21 bits per heavy atom. The third-order valence-electron chi connectivity index (χ3n) is 3.34. The van der Waals surface area contributed by atoms with E-state index in [1.165, 1.54) is 33.5 Å². The Kier molecular flexibility index (Phi) is 4.83. The number of methoxy groups -OCH3 is 3. The van der Waals surface area contributed by atoms with E-state index in [2.05, 4.69) is 0 Å². The maximum atomic E-state index is 14.3. The molecule has 0 unspecified atom stereocenters. The number of nitriles is 1. The molecule has 0 saturated carbocycles. The van der Waals surface area contributed by atoms with E-state index in [4.69, 9.17) is 19.5 Å². The molecule has 0 aliphatic heterocycles. The van der Waals surface area contributed by atoms with Crippen LogP contribution in [0.5, 0.6) is 17.2 Å². The highest BCUT2D eigenvalue weighted by atomic mass is 19.2. The van der Waals surface area contributed by atoms with Gasteiger partial charge in [-0.3, -0.25) is 0 Å². The molecular weight excluding hydrogens is 330 g/mol. The quantitative estimate of drug-likeness (QED) is 0.627. The third-order valence-corrected chi connectivity index (χ3v) is 3.34. The van der Waals surface area contributed by atoms with Crippen LogP contribution in [0.3, 0.4) is 0 Å². The predicted octanol–water partition coefficient (Wildman–Crippen LogP) is 3.81. The van der Waals surface area contributed by atoms with Crippen LogP contribution in [0.15, 0.2) is 12.1 Å². The number of ether oxygens (including phenoxy) is 3. The fourth-order valence-electron chi connectivity index (χ4n) is 2.20. The average molecular weight is 341 g/mol. The minimum atomic E-state index is -1.80. The minimum absolute atomic E-state index is 0.132. The van der Waals surface area contributed by atoms with Crippen molar-refractivity contribution < 1.29 is 31.8 Å². The van der Waals surface area contributed by atoms with E-state index in [0.29, 0.717) is 0 Å². The van der Waals surface area contributed by atoms with Crippen molar-refractivity contribution in [2.45, 2.75) is 0 Å². The van der Waals surface area contributed by atoms with Crippen molar-refractivity contribution in [1.29, 1.82) is 5.26 Å². The van der Waals surface area contributed by atoms with Gasteiger partial charge in [0.15, 0.2) is 23.3 Å². The molecule has 0 atom stereocenters. The summed E-state index contributed by atoms with van der Waals surface area (Å²) in [5, 5.41) is 8.65. The zero-order valence-electron chi connectivity index (χ0n) is 12.8. The van der Waals surface area contributed by atoms with Crippen LogP contribution in [0.2, 0.25) is 0 Å². The van der Waals surface area contributed by atoms with Crippen molar-refractivity contribution >= 4 is 0 Å². The molecule has 2 aromatic carbocycles. The largest absolute Gasteiger partial charge is 0.496 e. The van der Waals surface area contributed by atoms with Gasteiger partial charge in [-0.15, -0.1) is 0 Å². The molecule has 8 heteroatoms. The SMILES string of the molecule is COc1cc(OC)c(-c2c(F)c(F)c(C#N)c(F)c2F)c(OC)c1. The first-order valence-corrected chi connectivity index (χ1v) is 6.47. The lowest BCUT2D eigenvalue weighted by Gasteiger charge is -2.17. The maximum absolute atomic E-state index is 14.3. The highest BCUT2D eigenvalue weighted by Crippen LogP contribution is 2.45. The molecule has 0 heterocycles. The summed E-state index contributed by atoms with van der Waals surface area (Å²) in [7, 11) is 3.74. The van der Waals surface area contributed by atoms with E-state index in [1.807, 2.05) is 0 Å².